The van der Waals surface area contributed by atoms with Crippen LogP contribution >= 0.6 is 15.9 Å². The standard InChI is InChI=1S/C17H16BrN3O/c1-21-11-12(13-6-4-9-19-16(13)21)8-10-20-17(22)14-5-2-3-7-15(14)18/h2-7,9,11H,8,10H2,1H3,(H,20,22). The molecule has 2 aromatic heterocycles. The molecule has 2 heterocycles. The third kappa shape index (κ3) is 2.90. The van der Waals surface area contributed by atoms with Crippen molar-refractivity contribution in [3.05, 3.63) is 64.4 Å². The number of amides is 1. The van der Waals surface area contributed by atoms with Crippen LogP contribution in [0.25, 0.3) is 11.0 Å². The van der Waals surface area contributed by atoms with Crippen molar-refractivity contribution in [3.63, 3.8) is 0 Å². The van der Waals surface area contributed by atoms with Crippen molar-refractivity contribution in [2.24, 2.45) is 7.05 Å². The minimum absolute atomic E-state index is 0.0640. The van der Waals surface area contributed by atoms with Crippen LogP contribution in [0.15, 0.2) is 53.3 Å². The maximum Gasteiger partial charge on any atom is 0.252 e. The fourth-order valence-corrected chi connectivity index (χ4v) is 3.01. The fourth-order valence-electron chi connectivity index (χ4n) is 2.54. The van der Waals surface area contributed by atoms with Gasteiger partial charge in [-0.15, -0.1) is 0 Å². The molecule has 0 aliphatic rings. The Morgan fingerprint density at radius 1 is 1.27 bits per heavy atom. The SMILES string of the molecule is Cn1cc(CCNC(=O)c2ccccc2Br)c2cccnc21. The Balaban J connectivity index is 1.68. The van der Waals surface area contributed by atoms with Gasteiger partial charge >= 0.3 is 0 Å². The number of halogens is 1. The second-order valence-corrected chi connectivity index (χ2v) is 5.98. The van der Waals surface area contributed by atoms with Gasteiger partial charge in [-0.25, -0.2) is 4.98 Å². The third-order valence-electron chi connectivity index (χ3n) is 3.61. The normalized spacial score (nSPS) is 10.8. The first-order valence-corrected chi connectivity index (χ1v) is 7.88. The molecule has 1 N–H and O–H groups in total. The van der Waals surface area contributed by atoms with E-state index in [-0.39, 0.29) is 5.91 Å². The molecule has 112 valence electrons. The Labute approximate surface area is 137 Å². The number of rotatable bonds is 4. The van der Waals surface area contributed by atoms with Gasteiger partial charge in [0.1, 0.15) is 5.65 Å². The first-order valence-electron chi connectivity index (χ1n) is 7.08. The zero-order chi connectivity index (χ0) is 15.5. The van der Waals surface area contributed by atoms with E-state index in [2.05, 4.69) is 38.5 Å². The summed E-state index contributed by atoms with van der Waals surface area (Å²) in [7, 11) is 1.98. The highest BCUT2D eigenvalue weighted by Gasteiger charge is 2.10. The van der Waals surface area contributed by atoms with Crippen LogP contribution in [0.4, 0.5) is 0 Å². The number of nitrogens with one attached hydrogen (secondary N) is 1. The quantitative estimate of drug-likeness (QED) is 0.778. The van der Waals surface area contributed by atoms with Crippen molar-refractivity contribution in [2.75, 3.05) is 6.54 Å². The van der Waals surface area contributed by atoms with Crippen LogP contribution in [0.5, 0.6) is 0 Å². The summed E-state index contributed by atoms with van der Waals surface area (Å²) < 4.78 is 2.82. The minimum Gasteiger partial charge on any atom is -0.352 e. The van der Waals surface area contributed by atoms with E-state index in [4.69, 9.17) is 0 Å². The summed E-state index contributed by atoms with van der Waals surface area (Å²) in [5.74, 6) is -0.0640. The molecule has 0 spiro atoms. The molecule has 1 amide bonds. The van der Waals surface area contributed by atoms with Gasteiger partial charge in [0.2, 0.25) is 0 Å². The van der Waals surface area contributed by atoms with Crippen molar-refractivity contribution in [3.8, 4) is 0 Å². The van der Waals surface area contributed by atoms with E-state index < -0.39 is 0 Å². The third-order valence-corrected chi connectivity index (χ3v) is 4.31. The summed E-state index contributed by atoms with van der Waals surface area (Å²) in [6, 6.07) is 11.4. The minimum atomic E-state index is -0.0640. The van der Waals surface area contributed by atoms with Crippen molar-refractivity contribution in [2.45, 2.75) is 6.42 Å². The molecule has 5 heteroatoms. The summed E-state index contributed by atoms with van der Waals surface area (Å²) >= 11 is 3.40. The lowest BCUT2D eigenvalue weighted by atomic mass is 10.1. The van der Waals surface area contributed by atoms with Crippen molar-refractivity contribution in [1.29, 1.82) is 0 Å². The molecule has 0 aliphatic carbocycles. The smallest absolute Gasteiger partial charge is 0.252 e. The van der Waals surface area contributed by atoms with Crippen LogP contribution in [0.3, 0.4) is 0 Å². The maximum atomic E-state index is 12.2. The van der Waals surface area contributed by atoms with E-state index >= 15 is 0 Å². The van der Waals surface area contributed by atoms with E-state index in [1.807, 2.05) is 35.9 Å². The maximum absolute atomic E-state index is 12.2. The van der Waals surface area contributed by atoms with Crippen LogP contribution in [0.1, 0.15) is 15.9 Å². The molecule has 0 radical (unpaired) electrons. The van der Waals surface area contributed by atoms with Crippen LogP contribution in [-0.4, -0.2) is 22.0 Å². The Morgan fingerprint density at radius 3 is 2.91 bits per heavy atom. The number of hydrogen-bond acceptors (Lipinski definition) is 2. The Hall–Kier alpha value is -2.14. The number of nitrogens with zero attached hydrogens (tertiary/aromatic N) is 2. The molecule has 0 atom stereocenters. The number of aryl methyl sites for hydroxylation is 1. The predicted molar refractivity (Wildman–Crippen MR) is 90.9 cm³/mol. The molecular weight excluding hydrogens is 342 g/mol. The summed E-state index contributed by atoms with van der Waals surface area (Å²) in [4.78, 5) is 16.5. The van der Waals surface area contributed by atoms with Gasteiger partial charge in [-0.1, -0.05) is 12.1 Å². The Morgan fingerprint density at radius 2 is 2.09 bits per heavy atom. The van der Waals surface area contributed by atoms with Gasteiger partial charge in [0, 0.05) is 35.8 Å². The number of hydrogen-bond donors (Lipinski definition) is 1. The lowest BCUT2D eigenvalue weighted by Gasteiger charge is -2.06. The monoisotopic (exact) mass is 357 g/mol. The van der Waals surface area contributed by atoms with E-state index in [1.165, 1.54) is 5.56 Å². The van der Waals surface area contributed by atoms with Crippen LogP contribution in [0, 0.1) is 0 Å². The van der Waals surface area contributed by atoms with Crippen molar-refractivity contribution in [1.82, 2.24) is 14.9 Å². The van der Waals surface area contributed by atoms with Gasteiger partial charge in [0.05, 0.1) is 5.56 Å². The number of benzene rings is 1. The van der Waals surface area contributed by atoms with Crippen LogP contribution in [-0.2, 0) is 13.5 Å². The predicted octanol–water partition coefficient (Wildman–Crippen LogP) is 3.31. The molecule has 0 bridgehead atoms. The van der Waals surface area contributed by atoms with E-state index in [0.717, 1.165) is 21.9 Å². The van der Waals surface area contributed by atoms with Gasteiger partial charge < -0.3 is 9.88 Å². The van der Waals surface area contributed by atoms with E-state index in [0.29, 0.717) is 12.1 Å². The highest BCUT2D eigenvalue weighted by Crippen LogP contribution is 2.19. The second-order valence-electron chi connectivity index (χ2n) is 5.13. The number of carbonyl (C=O) groups excluding carboxylic acids is 1. The number of fused-ring (bicyclic) bond motifs is 1. The van der Waals surface area contributed by atoms with Crippen LogP contribution in [0.2, 0.25) is 0 Å². The van der Waals surface area contributed by atoms with Gasteiger partial charge in [0.25, 0.3) is 5.91 Å². The summed E-state index contributed by atoms with van der Waals surface area (Å²) in [5, 5.41) is 4.10. The second kappa shape index (κ2) is 6.32. The molecular formula is C17H16BrN3O. The number of aromatic nitrogens is 2. The summed E-state index contributed by atoms with van der Waals surface area (Å²) in [6.45, 7) is 0.591. The molecule has 3 rings (SSSR count). The lowest BCUT2D eigenvalue weighted by Crippen LogP contribution is -2.25. The van der Waals surface area contributed by atoms with Gasteiger partial charge in [-0.2, -0.15) is 0 Å². The average molecular weight is 358 g/mol. The zero-order valence-electron chi connectivity index (χ0n) is 12.2. The van der Waals surface area contributed by atoms with Crippen molar-refractivity contribution < 1.29 is 4.79 Å². The first kappa shape index (κ1) is 14.8. The van der Waals surface area contributed by atoms with Gasteiger partial charge in [-0.05, 0) is 52.2 Å². The molecule has 4 nitrogen and oxygen atoms in total. The van der Waals surface area contributed by atoms with E-state index in [1.54, 1.807) is 12.3 Å². The van der Waals surface area contributed by atoms with Crippen molar-refractivity contribution >= 4 is 32.9 Å². The van der Waals surface area contributed by atoms with Gasteiger partial charge in [-0.3, -0.25) is 4.79 Å². The highest BCUT2D eigenvalue weighted by molar-refractivity contribution is 9.10. The molecule has 0 aliphatic heterocycles. The Bertz CT molecular complexity index is 826. The molecule has 0 unspecified atom stereocenters. The first-order chi connectivity index (χ1) is 10.7. The van der Waals surface area contributed by atoms with E-state index in [9.17, 15) is 4.79 Å². The summed E-state index contributed by atoms with van der Waals surface area (Å²) in [6.07, 6.45) is 4.64. The number of pyridine rings is 1. The van der Waals surface area contributed by atoms with Crippen LogP contribution < -0.4 is 5.32 Å². The highest BCUT2D eigenvalue weighted by atomic mass is 79.9. The lowest BCUT2D eigenvalue weighted by molar-refractivity contribution is 0.0953. The fraction of sp³-hybridized carbons (Fsp3) is 0.176. The average Bonchev–Trinajstić information content (AvgIpc) is 2.85. The largest absolute Gasteiger partial charge is 0.352 e. The zero-order valence-corrected chi connectivity index (χ0v) is 13.8. The molecule has 1 aromatic carbocycles. The molecule has 0 saturated carbocycles. The molecule has 22 heavy (non-hydrogen) atoms. The summed E-state index contributed by atoms with van der Waals surface area (Å²) in [5.41, 5.74) is 2.81. The number of carbonyl (C=O) groups is 1. The molecule has 0 fully saturated rings. The molecule has 0 saturated heterocycles. The topological polar surface area (TPSA) is 46.9 Å². The van der Waals surface area contributed by atoms with Gasteiger partial charge in [0.15, 0.2) is 0 Å². The molecule has 3 aromatic rings. The Kier molecular flexibility index (Phi) is 4.24.